The van der Waals surface area contributed by atoms with E-state index in [1.807, 2.05) is 0 Å². The van der Waals surface area contributed by atoms with Crippen LogP contribution >= 0.6 is 11.6 Å². The van der Waals surface area contributed by atoms with Gasteiger partial charge in [0.25, 0.3) is 0 Å². The van der Waals surface area contributed by atoms with Gasteiger partial charge in [-0.1, -0.05) is 0 Å². The van der Waals surface area contributed by atoms with Crippen LogP contribution in [0.2, 0.25) is 0 Å². The van der Waals surface area contributed by atoms with Gasteiger partial charge < -0.3 is 29.7 Å². The summed E-state index contributed by atoms with van der Waals surface area (Å²) in [6.45, 7) is 0. The Morgan fingerprint density at radius 3 is 1.44 bits per heavy atom. The Bertz CT molecular complexity index is 70.1. The number of nitrogens with zero attached hydrogens (tertiary/aromatic N) is 1. The number of halogens is 3. The standard InChI is InChI=1S/C3H6ClNO.2ClH.Zn/c1-5(2)3(4)6;;;/h1-2H3;2*1H;/q;;;+2/p-2. The van der Waals surface area contributed by atoms with E-state index in [4.69, 9.17) is 11.6 Å². The molecule has 6 heteroatoms. The molecular formula is C3H6Cl3NOZn. The van der Waals surface area contributed by atoms with Crippen molar-refractivity contribution >= 4 is 17.0 Å². The molecule has 0 saturated carbocycles. The summed E-state index contributed by atoms with van der Waals surface area (Å²) >= 11 is 4.90. The van der Waals surface area contributed by atoms with Crippen LogP contribution < -0.4 is 24.8 Å². The van der Waals surface area contributed by atoms with E-state index >= 15 is 0 Å². The van der Waals surface area contributed by atoms with Gasteiger partial charge in [0.1, 0.15) is 0 Å². The molecule has 0 atom stereocenters. The third-order valence-electron chi connectivity index (χ3n) is 0.352. The molecule has 0 saturated heterocycles. The van der Waals surface area contributed by atoms with Crippen LogP contribution in [-0.4, -0.2) is 24.4 Å². The van der Waals surface area contributed by atoms with Crippen LogP contribution in [0.3, 0.4) is 0 Å². The van der Waals surface area contributed by atoms with Gasteiger partial charge in [-0.25, -0.2) is 0 Å². The Hall–Kier alpha value is 0.963. The van der Waals surface area contributed by atoms with Gasteiger partial charge in [0.15, 0.2) is 0 Å². The molecule has 0 N–H and O–H groups in total. The number of amides is 1. The van der Waals surface area contributed by atoms with E-state index < -0.39 is 5.37 Å². The molecule has 52 valence electrons. The van der Waals surface area contributed by atoms with Crippen LogP contribution in [0.1, 0.15) is 0 Å². The van der Waals surface area contributed by atoms with Crippen molar-refractivity contribution in [3.8, 4) is 0 Å². The molecule has 0 heterocycles. The maximum absolute atomic E-state index is 9.83. The van der Waals surface area contributed by atoms with Gasteiger partial charge in [0.05, 0.1) is 0 Å². The summed E-state index contributed by atoms with van der Waals surface area (Å²) in [4.78, 5) is 11.1. The van der Waals surface area contributed by atoms with Gasteiger partial charge in [-0.2, -0.15) is 0 Å². The molecular weight excluding hydrogens is 238 g/mol. The summed E-state index contributed by atoms with van der Waals surface area (Å²) in [7, 11) is 3.19. The van der Waals surface area contributed by atoms with E-state index in [2.05, 4.69) is 0 Å². The molecule has 0 radical (unpaired) electrons. The van der Waals surface area contributed by atoms with Gasteiger partial charge in [0, 0.05) is 14.1 Å². The quantitative estimate of drug-likeness (QED) is 0.237. The van der Waals surface area contributed by atoms with E-state index in [1.54, 1.807) is 14.1 Å². The van der Waals surface area contributed by atoms with Crippen molar-refractivity contribution in [3.05, 3.63) is 0 Å². The first-order valence-electron chi connectivity index (χ1n) is 1.51. The molecule has 0 aromatic heterocycles. The maximum Gasteiger partial charge on any atom is 2.00 e. The smallest absolute Gasteiger partial charge is 1.00 e. The van der Waals surface area contributed by atoms with Crippen molar-refractivity contribution in [3.63, 3.8) is 0 Å². The predicted molar refractivity (Wildman–Crippen MR) is 24.9 cm³/mol. The zero-order chi connectivity index (χ0) is 5.15. The Labute approximate surface area is 84.9 Å². The largest absolute Gasteiger partial charge is 2.00 e. The average Bonchev–Trinajstić information content (AvgIpc) is 1.36. The van der Waals surface area contributed by atoms with Crippen LogP contribution in [0, 0.1) is 0 Å². The second-order valence-electron chi connectivity index (χ2n) is 1.15. The van der Waals surface area contributed by atoms with Gasteiger partial charge in [-0.3, -0.25) is 4.79 Å². The predicted octanol–water partition coefficient (Wildman–Crippen LogP) is -5.09. The van der Waals surface area contributed by atoms with Gasteiger partial charge in [-0.05, 0) is 11.6 Å². The second-order valence-corrected chi connectivity index (χ2v) is 1.47. The van der Waals surface area contributed by atoms with Crippen molar-refractivity contribution in [2.45, 2.75) is 0 Å². The number of rotatable bonds is 0. The molecule has 9 heavy (non-hydrogen) atoms. The molecule has 0 aliphatic heterocycles. The van der Waals surface area contributed by atoms with Crippen molar-refractivity contribution in [1.29, 1.82) is 0 Å². The fourth-order valence-electron chi connectivity index (χ4n) is 0. The van der Waals surface area contributed by atoms with Crippen LogP contribution in [0.4, 0.5) is 4.79 Å². The fourth-order valence-corrected chi connectivity index (χ4v) is 0. The Morgan fingerprint density at radius 1 is 1.33 bits per heavy atom. The molecule has 0 rings (SSSR count). The fraction of sp³-hybridized carbons (Fsp3) is 0.667. The monoisotopic (exact) mass is 241 g/mol. The van der Waals surface area contributed by atoms with E-state index in [0.29, 0.717) is 0 Å². The zero-order valence-corrected chi connectivity index (χ0v) is 10.4. The van der Waals surface area contributed by atoms with Gasteiger partial charge in [0.2, 0.25) is 0 Å². The average molecular weight is 244 g/mol. The first-order valence-corrected chi connectivity index (χ1v) is 1.89. The van der Waals surface area contributed by atoms with E-state index in [-0.39, 0.29) is 44.3 Å². The summed E-state index contributed by atoms with van der Waals surface area (Å²) in [6, 6.07) is 0. The number of carbonyl (C=O) groups excluding carboxylic acids is 1. The van der Waals surface area contributed by atoms with E-state index in [9.17, 15) is 4.79 Å². The minimum atomic E-state index is -0.435. The molecule has 0 unspecified atom stereocenters. The summed E-state index contributed by atoms with van der Waals surface area (Å²) in [6.07, 6.45) is 0. The van der Waals surface area contributed by atoms with E-state index in [1.165, 1.54) is 4.90 Å². The van der Waals surface area contributed by atoms with Gasteiger partial charge in [-0.15, -0.1) is 0 Å². The first kappa shape index (κ1) is 22.5. The van der Waals surface area contributed by atoms with Crippen LogP contribution in [0.5, 0.6) is 0 Å². The molecule has 0 aliphatic rings. The zero-order valence-electron chi connectivity index (χ0n) is 5.20. The number of carbonyl (C=O) groups is 1. The third-order valence-corrected chi connectivity index (χ3v) is 0.690. The molecule has 0 aromatic carbocycles. The summed E-state index contributed by atoms with van der Waals surface area (Å²) in [5.74, 6) is 0. The number of hydrogen-bond acceptors (Lipinski definition) is 1. The van der Waals surface area contributed by atoms with Crippen molar-refractivity contribution in [1.82, 2.24) is 4.90 Å². The first-order chi connectivity index (χ1) is 2.64. The van der Waals surface area contributed by atoms with Crippen molar-refractivity contribution in [2.75, 3.05) is 14.1 Å². The molecule has 0 fully saturated rings. The Morgan fingerprint density at radius 2 is 1.44 bits per heavy atom. The van der Waals surface area contributed by atoms with Gasteiger partial charge >= 0.3 is 24.8 Å². The van der Waals surface area contributed by atoms with Crippen molar-refractivity contribution < 1.29 is 49.1 Å². The maximum atomic E-state index is 9.83. The molecule has 1 amide bonds. The third kappa shape index (κ3) is 17.6. The molecule has 2 nitrogen and oxygen atoms in total. The summed E-state index contributed by atoms with van der Waals surface area (Å²) in [5.41, 5.74) is 0. The Kier molecular flexibility index (Phi) is 29.3. The van der Waals surface area contributed by atoms with Crippen molar-refractivity contribution in [2.24, 2.45) is 0 Å². The molecule has 0 aromatic rings. The number of hydrogen-bond donors (Lipinski definition) is 0. The second kappa shape index (κ2) is 11.7. The summed E-state index contributed by atoms with van der Waals surface area (Å²) in [5, 5.41) is -0.435. The minimum absolute atomic E-state index is 0. The SMILES string of the molecule is CN(C)C(=O)Cl.[Cl-].[Cl-].[Zn+2]. The minimum Gasteiger partial charge on any atom is -1.00 e. The Balaban J connectivity index is -0.0000000417. The molecule has 0 spiro atoms. The van der Waals surface area contributed by atoms with Crippen LogP contribution in [-0.2, 0) is 19.5 Å². The topological polar surface area (TPSA) is 20.3 Å². The molecule has 0 bridgehead atoms. The van der Waals surface area contributed by atoms with Crippen LogP contribution in [0.15, 0.2) is 0 Å². The van der Waals surface area contributed by atoms with E-state index in [0.717, 1.165) is 0 Å². The summed E-state index contributed by atoms with van der Waals surface area (Å²) < 4.78 is 0. The molecule has 0 aliphatic carbocycles. The normalized spacial score (nSPS) is 5.22. The van der Waals surface area contributed by atoms with Crippen LogP contribution in [0.25, 0.3) is 0 Å².